The van der Waals surface area contributed by atoms with Crippen LogP contribution in [0.3, 0.4) is 0 Å². The molecule has 0 unspecified atom stereocenters. The number of hydrogen-bond acceptors (Lipinski definition) is 5. The number of ether oxygens (including phenoxy) is 2. The van der Waals surface area contributed by atoms with Crippen LogP contribution in [0.4, 0.5) is 5.69 Å². The molecule has 1 aliphatic heterocycles. The average molecular weight is 399 g/mol. The van der Waals surface area contributed by atoms with Gasteiger partial charge in [0, 0.05) is 29.8 Å². The first-order valence-corrected chi connectivity index (χ1v) is 9.80. The van der Waals surface area contributed by atoms with Crippen molar-refractivity contribution in [2.24, 2.45) is 14.1 Å². The summed E-state index contributed by atoms with van der Waals surface area (Å²) in [6.45, 7) is 4.33. The Morgan fingerprint density at radius 3 is 2.46 bits per heavy atom. The number of fused-ring (bicyclic) bond motifs is 2. The Morgan fingerprint density at radius 1 is 1.07 bits per heavy atom. The van der Waals surface area contributed by atoms with E-state index in [1.54, 1.807) is 53.2 Å². The molecular weight excluding hydrogens is 378 g/mol. The van der Waals surface area contributed by atoms with E-state index in [0.29, 0.717) is 28.0 Å². The number of anilines is 1. The predicted molar refractivity (Wildman–Crippen MR) is 110 cm³/mol. The quantitative estimate of drug-likeness (QED) is 0.681. The van der Waals surface area contributed by atoms with Gasteiger partial charge in [-0.1, -0.05) is 13.8 Å². The lowest BCUT2D eigenvalue weighted by Crippen LogP contribution is -2.19. The summed E-state index contributed by atoms with van der Waals surface area (Å²) < 4.78 is 13.8. The van der Waals surface area contributed by atoms with Crippen LogP contribution in [0.5, 0.6) is 11.5 Å². The number of carbonyl (C=O) groups is 1. The molecule has 1 aromatic heterocycles. The molecule has 0 bridgehead atoms. The van der Waals surface area contributed by atoms with Crippen molar-refractivity contribution in [1.82, 2.24) is 9.13 Å². The van der Waals surface area contributed by atoms with Gasteiger partial charge in [0.05, 0.1) is 16.7 Å². The molecule has 7 nitrogen and oxygen atoms in total. The van der Waals surface area contributed by atoms with E-state index in [2.05, 4.69) is 19.2 Å². The van der Waals surface area contributed by atoms with Gasteiger partial charge < -0.3 is 14.8 Å². The minimum Gasteiger partial charge on any atom is -0.454 e. The van der Waals surface area contributed by atoms with Gasteiger partial charge in [-0.2, -0.15) is 0 Å². The van der Waals surface area contributed by atoms with Crippen molar-refractivity contribution in [2.45, 2.75) is 24.0 Å². The van der Waals surface area contributed by atoms with E-state index in [-0.39, 0.29) is 18.4 Å². The zero-order valence-electron chi connectivity index (χ0n) is 16.1. The lowest BCUT2D eigenvalue weighted by atomic mass is 10.2. The predicted octanol–water partition coefficient (Wildman–Crippen LogP) is 3.36. The summed E-state index contributed by atoms with van der Waals surface area (Å²) in [5.74, 6) is 0.947. The molecule has 2 aromatic carbocycles. The molecule has 0 fully saturated rings. The average Bonchev–Trinajstić information content (AvgIpc) is 3.21. The van der Waals surface area contributed by atoms with Crippen LogP contribution < -0.4 is 20.5 Å². The number of carbonyl (C=O) groups excluding carboxylic acids is 1. The third kappa shape index (κ3) is 3.13. The van der Waals surface area contributed by atoms with Gasteiger partial charge >= 0.3 is 5.69 Å². The van der Waals surface area contributed by atoms with Crippen molar-refractivity contribution in [1.29, 1.82) is 0 Å². The second-order valence-corrected chi connectivity index (χ2v) is 8.54. The monoisotopic (exact) mass is 399 g/mol. The normalized spacial score (nSPS) is 12.8. The first kappa shape index (κ1) is 18.5. The number of aryl methyl sites for hydroxylation is 2. The Labute approximate surface area is 166 Å². The van der Waals surface area contributed by atoms with Crippen LogP contribution in [0.2, 0.25) is 0 Å². The maximum absolute atomic E-state index is 12.9. The highest BCUT2D eigenvalue weighted by molar-refractivity contribution is 8.00. The van der Waals surface area contributed by atoms with Crippen molar-refractivity contribution in [3.63, 3.8) is 0 Å². The van der Waals surface area contributed by atoms with Crippen LogP contribution in [-0.2, 0) is 14.1 Å². The molecule has 2 heterocycles. The van der Waals surface area contributed by atoms with Gasteiger partial charge in [0.15, 0.2) is 11.5 Å². The van der Waals surface area contributed by atoms with E-state index >= 15 is 0 Å². The molecule has 146 valence electrons. The third-order valence-electron chi connectivity index (χ3n) is 4.62. The van der Waals surface area contributed by atoms with Crippen molar-refractivity contribution >= 4 is 34.4 Å². The second kappa shape index (κ2) is 6.94. The molecule has 1 N–H and O–H groups in total. The minimum atomic E-state index is -0.246. The number of nitrogens with zero attached hydrogens (tertiary/aromatic N) is 2. The molecule has 0 atom stereocenters. The zero-order valence-corrected chi connectivity index (χ0v) is 16.9. The molecule has 8 heteroatoms. The highest BCUT2D eigenvalue weighted by atomic mass is 32.2. The molecule has 1 amide bonds. The number of thioether (sulfide) groups is 1. The lowest BCUT2D eigenvalue weighted by Gasteiger charge is -2.14. The maximum Gasteiger partial charge on any atom is 0.328 e. The van der Waals surface area contributed by atoms with Crippen LogP contribution in [0.25, 0.3) is 11.0 Å². The first-order valence-electron chi connectivity index (χ1n) is 8.92. The summed E-state index contributed by atoms with van der Waals surface area (Å²) in [7, 11) is 3.47. The van der Waals surface area contributed by atoms with E-state index in [1.807, 2.05) is 12.1 Å². The zero-order chi connectivity index (χ0) is 20.0. The fourth-order valence-electron chi connectivity index (χ4n) is 3.21. The molecule has 4 rings (SSSR count). The Bertz CT molecular complexity index is 1150. The van der Waals surface area contributed by atoms with Crippen LogP contribution in [-0.4, -0.2) is 27.1 Å². The van der Waals surface area contributed by atoms with E-state index in [9.17, 15) is 9.59 Å². The summed E-state index contributed by atoms with van der Waals surface area (Å²) in [6.07, 6.45) is 0. The SMILES string of the molecule is CC(C)Sc1cc2c(cc1NC(=O)c1ccc3c(c1)OCO3)n(C)c(=O)n2C. The van der Waals surface area contributed by atoms with Crippen LogP contribution in [0.15, 0.2) is 40.0 Å². The van der Waals surface area contributed by atoms with Crippen LogP contribution in [0.1, 0.15) is 24.2 Å². The molecule has 0 saturated carbocycles. The molecule has 3 aromatic rings. The number of rotatable bonds is 4. The lowest BCUT2D eigenvalue weighted by molar-refractivity contribution is 0.102. The largest absolute Gasteiger partial charge is 0.454 e. The van der Waals surface area contributed by atoms with Crippen molar-refractivity contribution in [3.8, 4) is 11.5 Å². The van der Waals surface area contributed by atoms with Crippen LogP contribution >= 0.6 is 11.8 Å². The van der Waals surface area contributed by atoms with Gasteiger partial charge in [-0.15, -0.1) is 11.8 Å². The third-order valence-corrected chi connectivity index (χ3v) is 5.68. The summed E-state index contributed by atoms with van der Waals surface area (Å²) in [6, 6.07) is 8.91. The van der Waals surface area contributed by atoms with Gasteiger partial charge in [0.2, 0.25) is 6.79 Å². The van der Waals surface area contributed by atoms with Gasteiger partial charge in [-0.3, -0.25) is 13.9 Å². The standard InChI is InChI=1S/C20H21N3O4S/c1-11(2)28-18-9-15-14(22(3)20(25)23(15)4)8-13(18)21-19(24)12-5-6-16-17(7-12)27-10-26-16/h5-9,11H,10H2,1-4H3,(H,21,24). The number of nitrogens with one attached hydrogen (secondary N) is 1. The molecule has 0 saturated heterocycles. The Kier molecular flexibility index (Phi) is 4.58. The van der Waals surface area contributed by atoms with Gasteiger partial charge in [0.25, 0.3) is 5.91 Å². The molecule has 1 aliphatic rings. The molecule has 0 spiro atoms. The van der Waals surface area contributed by atoms with E-state index in [0.717, 1.165) is 15.9 Å². The van der Waals surface area contributed by atoms with Crippen molar-refractivity contribution < 1.29 is 14.3 Å². The van der Waals surface area contributed by atoms with E-state index in [4.69, 9.17) is 9.47 Å². The number of benzene rings is 2. The summed E-state index contributed by atoms with van der Waals surface area (Å²) in [4.78, 5) is 26.1. The van der Waals surface area contributed by atoms with Crippen LogP contribution in [0, 0.1) is 0 Å². The minimum absolute atomic E-state index is 0.102. The highest BCUT2D eigenvalue weighted by Gasteiger charge is 2.19. The fraction of sp³-hybridized carbons (Fsp3) is 0.300. The van der Waals surface area contributed by atoms with Gasteiger partial charge in [0.1, 0.15) is 0 Å². The summed E-state index contributed by atoms with van der Waals surface area (Å²) >= 11 is 1.64. The number of imidazole rings is 1. The first-order chi connectivity index (χ1) is 13.3. The number of amides is 1. The second-order valence-electron chi connectivity index (χ2n) is 6.93. The summed E-state index contributed by atoms with van der Waals surface area (Å²) in [5.41, 5.74) is 2.65. The van der Waals surface area contributed by atoms with Gasteiger partial charge in [-0.05, 0) is 30.3 Å². The van der Waals surface area contributed by atoms with Crippen molar-refractivity contribution in [2.75, 3.05) is 12.1 Å². The number of hydrogen-bond donors (Lipinski definition) is 1. The fourth-order valence-corrected chi connectivity index (χ4v) is 4.13. The van der Waals surface area contributed by atoms with Crippen molar-refractivity contribution in [3.05, 3.63) is 46.4 Å². The summed E-state index contributed by atoms with van der Waals surface area (Å²) in [5, 5.41) is 3.31. The van der Waals surface area contributed by atoms with E-state index < -0.39 is 0 Å². The van der Waals surface area contributed by atoms with E-state index in [1.165, 1.54) is 0 Å². The Hall–Kier alpha value is -2.87. The molecule has 28 heavy (non-hydrogen) atoms. The number of aromatic nitrogens is 2. The smallest absolute Gasteiger partial charge is 0.328 e. The molecule has 0 radical (unpaired) electrons. The molecular formula is C20H21N3O4S. The van der Waals surface area contributed by atoms with Gasteiger partial charge in [-0.25, -0.2) is 4.79 Å². The maximum atomic E-state index is 12.9. The Morgan fingerprint density at radius 2 is 1.75 bits per heavy atom. The molecule has 0 aliphatic carbocycles. The highest BCUT2D eigenvalue weighted by Crippen LogP contribution is 2.35. The topological polar surface area (TPSA) is 74.5 Å². The Balaban J connectivity index is 1.75.